The van der Waals surface area contributed by atoms with Crippen LogP contribution in [0.1, 0.15) is 0 Å². The van der Waals surface area contributed by atoms with E-state index in [1.165, 1.54) is 0 Å². The number of hydrogen-bond donors (Lipinski definition) is 1. The first kappa shape index (κ1) is 10.8. The van der Waals surface area contributed by atoms with Crippen LogP contribution in [0.5, 0.6) is 0 Å². The number of benzene rings is 1. The number of pyridine rings is 1. The van der Waals surface area contributed by atoms with Crippen LogP contribution in [0.3, 0.4) is 0 Å². The summed E-state index contributed by atoms with van der Waals surface area (Å²) >= 11 is 9.48. The predicted molar refractivity (Wildman–Crippen MR) is 60.8 cm³/mol. The molecule has 15 heavy (non-hydrogen) atoms. The molecule has 1 atom stereocenters. The molecule has 2 rings (SSSR count). The Balaban J connectivity index is 2.90. The van der Waals surface area contributed by atoms with Crippen molar-refractivity contribution in [3.05, 3.63) is 34.4 Å². The second kappa shape index (κ2) is 4.06. The first-order chi connectivity index (χ1) is 7.11. The van der Waals surface area contributed by atoms with Crippen molar-refractivity contribution < 1.29 is 8.76 Å². The molecule has 0 amide bonds. The van der Waals surface area contributed by atoms with E-state index in [0.29, 0.717) is 10.9 Å². The molecule has 0 saturated carbocycles. The fourth-order valence-corrected chi connectivity index (χ4v) is 2.61. The topological polar surface area (TPSA) is 50.2 Å². The van der Waals surface area contributed by atoms with E-state index in [-0.39, 0.29) is 15.1 Å². The van der Waals surface area contributed by atoms with E-state index in [1.54, 1.807) is 24.3 Å². The van der Waals surface area contributed by atoms with Gasteiger partial charge in [-0.3, -0.25) is 0 Å². The van der Waals surface area contributed by atoms with Gasteiger partial charge in [-0.2, -0.15) is 0 Å². The molecule has 2 aromatic rings. The van der Waals surface area contributed by atoms with Crippen LogP contribution in [-0.2, 0) is 11.1 Å². The number of para-hydroxylation sites is 1. The molecule has 0 fully saturated rings. The Morgan fingerprint density at radius 3 is 2.60 bits per heavy atom. The summed E-state index contributed by atoms with van der Waals surface area (Å²) in [7, 11) is 0. The lowest BCUT2D eigenvalue weighted by Crippen LogP contribution is -1.95. The summed E-state index contributed by atoms with van der Waals surface area (Å²) in [6, 6.07) is 7.01. The Bertz CT molecular complexity index is 559. The predicted octanol–water partition coefficient (Wildman–Crippen LogP) is 3.12. The number of aromatic nitrogens is 1. The van der Waals surface area contributed by atoms with Crippen molar-refractivity contribution in [3.63, 3.8) is 0 Å². The minimum atomic E-state index is -2.23. The highest BCUT2D eigenvalue weighted by Gasteiger charge is 2.16. The molecule has 1 heterocycles. The second-order valence-electron chi connectivity index (χ2n) is 2.81. The zero-order valence-electron chi connectivity index (χ0n) is 7.28. The molecular formula is C9H5Cl2NO2S. The molecule has 1 aromatic carbocycles. The number of hydrogen-bond acceptors (Lipinski definition) is 2. The van der Waals surface area contributed by atoms with Crippen LogP contribution in [0.25, 0.3) is 10.9 Å². The molecule has 78 valence electrons. The Kier molecular flexibility index (Phi) is 2.93. The lowest BCUT2D eigenvalue weighted by molar-refractivity contribution is 0.564. The third kappa shape index (κ3) is 1.86. The molecule has 0 bridgehead atoms. The number of fused-ring (bicyclic) bond motifs is 1. The first-order valence-corrected chi connectivity index (χ1v) is 5.82. The van der Waals surface area contributed by atoms with Gasteiger partial charge >= 0.3 is 0 Å². The molecule has 0 saturated heterocycles. The SMILES string of the molecule is O=S(O)c1c(Cl)nc2ccccc2c1Cl. The van der Waals surface area contributed by atoms with Crippen molar-refractivity contribution >= 4 is 45.2 Å². The number of rotatable bonds is 1. The van der Waals surface area contributed by atoms with E-state index >= 15 is 0 Å². The van der Waals surface area contributed by atoms with Crippen molar-refractivity contribution in [1.82, 2.24) is 4.98 Å². The zero-order chi connectivity index (χ0) is 11.0. The van der Waals surface area contributed by atoms with Gasteiger partial charge in [0, 0.05) is 5.39 Å². The van der Waals surface area contributed by atoms with E-state index in [1.807, 2.05) is 0 Å². The molecule has 1 N–H and O–H groups in total. The normalized spacial score (nSPS) is 13.0. The van der Waals surface area contributed by atoms with E-state index in [0.717, 1.165) is 0 Å². The van der Waals surface area contributed by atoms with E-state index in [2.05, 4.69) is 4.98 Å². The zero-order valence-corrected chi connectivity index (χ0v) is 9.60. The molecular weight excluding hydrogens is 257 g/mol. The minimum absolute atomic E-state index is 0.0421. The molecule has 1 aromatic heterocycles. The van der Waals surface area contributed by atoms with Crippen molar-refractivity contribution in [2.75, 3.05) is 0 Å². The van der Waals surface area contributed by atoms with Gasteiger partial charge in [0.1, 0.15) is 10.0 Å². The second-order valence-corrected chi connectivity index (χ2v) is 4.45. The fourth-order valence-electron chi connectivity index (χ4n) is 1.27. The van der Waals surface area contributed by atoms with E-state index in [4.69, 9.17) is 27.8 Å². The van der Waals surface area contributed by atoms with E-state index in [9.17, 15) is 4.21 Å². The van der Waals surface area contributed by atoms with Crippen molar-refractivity contribution in [1.29, 1.82) is 0 Å². The van der Waals surface area contributed by atoms with Gasteiger partial charge in [0.05, 0.1) is 10.5 Å². The Morgan fingerprint density at radius 2 is 1.93 bits per heavy atom. The van der Waals surface area contributed by atoms with Gasteiger partial charge in [-0.05, 0) is 6.07 Å². The van der Waals surface area contributed by atoms with Gasteiger partial charge < -0.3 is 4.55 Å². The summed E-state index contributed by atoms with van der Waals surface area (Å²) < 4.78 is 20.0. The maximum Gasteiger partial charge on any atom is 0.191 e. The third-order valence-electron chi connectivity index (χ3n) is 1.92. The van der Waals surface area contributed by atoms with Crippen LogP contribution in [0.2, 0.25) is 10.2 Å². The van der Waals surface area contributed by atoms with Gasteiger partial charge in [0.25, 0.3) is 0 Å². The third-order valence-corrected chi connectivity index (χ3v) is 3.56. The Hall–Kier alpha value is -0.680. The summed E-state index contributed by atoms with van der Waals surface area (Å²) in [6.45, 7) is 0. The molecule has 3 nitrogen and oxygen atoms in total. The molecule has 0 aliphatic carbocycles. The highest BCUT2D eigenvalue weighted by atomic mass is 35.5. The molecule has 0 aliphatic heterocycles. The van der Waals surface area contributed by atoms with Crippen molar-refractivity contribution in [2.24, 2.45) is 0 Å². The molecule has 1 unspecified atom stereocenters. The first-order valence-electron chi connectivity index (χ1n) is 3.96. The van der Waals surface area contributed by atoms with Crippen molar-refractivity contribution in [2.45, 2.75) is 4.90 Å². The van der Waals surface area contributed by atoms with Crippen LogP contribution in [-0.4, -0.2) is 13.7 Å². The van der Waals surface area contributed by atoms with E-state index < -0.39 is 11.1 Å². The van der Waals surface area contributed by atoms with Crippen LogP contribution < -0.4 is 0 Å². The van der Waals surface area contributed by atoms with Gasteiger partial charge in [0.2, 0.25) is 0 Å². The van der Waals surface area contributed by atoms with Crippen LogP contribution in [0, 0.1) is 0 Å². The molecule has 0 spiro atoms. The fraction of sp³-hybridized carbons (Fsp3) is 0. The van der Waals surface area contributed by atoms with Crippen LogP contribution in [0.4, 0.5) is 0 Å². The molecule has 0 radical (unpaired) electrons. The van der Waals surface area contributed by atoms with Crippen LogP contribution >= 0.6 is 23.2 Å². The monoisotopic (exact) mass is 261 g/mol. The maximum absolute atomic E-state index is 11.0. The minimum Gasteiger partial charge on any atom is -0.302 e. The maximum atomic E-state index is 11.0. The van der Waals surface area contributed by atoms with Gasteiger partial charge in [-0.25, -0.2) is 9.19 Å². The van der Waals surface area contributed by atoms with Gasteiger partial charge in [-0.15, -0.1) is 0 Å². The summed E-state index contributed by atoms with van der Waals surface area (Å²) in [5, 5.41) is 0.743. The lowest BCUT2D eigenvalue weighted by Gasteiger charge is -2.05. The lowest BCUT2D eigenvalue weighted by atomic mass is 10.2. The summed E-state index contributed by atoms with van der Waals surface area (Å²) in [5.74, 6) is 0. The van der Waals surface area contributed by atoms with Crippen molar-refractivity contribution in [3.8, 4) is 0 Å². The highest BCUT2D eigenvalue weighted by Crippen LogP contribution is 2.32. The quantitative estimate of drug-likeness (QED) is 0.634. The molecule has 6 heteroatoms. The standard InChI is InChI=1S/C9H5Cl2NO2S/c10-7-5-3-1-2-4-6(5)12-9(11)8(7)15(13)14/h1-4H,(H,13,14). The summed E-state index contributed by atoms with van der Waals surface area (Å²) in [6.07, 6.45) is 0. The number of nitrogens with zero attached hydrogens (tertiary/aromatic N) is 1. The summed E-state index contributed by atoms with van der Waals surface area (Å²) in [4.78, 5) is 3.94. The van der Waals surface area contributed by atoms with Gasteiger partial charge in [0.15, 0.2) is 11.1 Å². The Morgan fingerprint density at radius 1 is 1.27 bits per heavy atom. The average molecular weight is 262 g/mol. The van der Waals surface area contributed by atoms with Crippen LogP contribution in [0.15, 0.2) is 29.2 Å². The molecule has 0 aliphatic rings. The largest absolute Gasteiger partial charge is 0.302 e. The smallest absolute Gasteiger partial charge is 0.191 e. The summed E-state index contributed by atoms with van der Waals surface area (Å²) in [5.41, 5.74) is 0.599. The average Bonchev–Trinajstić information content (AvgIpc) is 2.17. The Labute approximate surface area is 98.3 Å². The highest BCUT2D eigenvalue weighted by molar-refractivity contribution is 7.79. The van der Waals surface area contributed by atoms with Gasteiger partial charge in [-0.1, -0.05) is 41.4 Å². The number of halogens is 2.